The molecule has 0 aliphatic heterocycles. The third-order valence-corrected chi connectivity index (χ3v) is 3.67. The van der Waals surface area contributed by atoms with E-state index in [1.54, 1.807) is 0 Å². The summed E-state index contributed by atoms with van der Waals surface area (Å²) in [6.07, 6.45) is 22.7. The Morgan fingerprint density at radius 1 is 0.750 bits per heavy atom. The van der Waals surface area contributed by atoms with Crippen LogP contribution >= 0.6 is 0 Å². The first-order chi connectivity index (χ1) is 11.7. The van der Waals surface area contributed by atoms with E-state index >= 15 is 0 Å². The van der Waals surface area contributed by atoms with Gasteiger partial charge in [-0.05, 0) is 38.5 Å². The van der Waals surface area contributed by atoms with E-state index in [-0.39, 0.29) is 11.8 Å². The van der Waals surface area contributed by atoms with Crippen LogP contribution in [-0.4, -0.2) is 18.9 Å². The number of unbranched alkanes of at least 4 members (excludes halogenated alkanes) is 3. The predicted octanol–water partition coefficient (Wildman–Crippen LogP) is 5.71. The van der Waals surface area contributed by atoms with E-state index in [9.17, 15) is 9.59 Å². The van der Waals surface area contributed by atoms with Crippen molar-refractivity contribution in [3.8, 4) is 0 Å². The van der Waals surface area contributed by atoms with Gasteiger partial charge in [0, 0.05) is 19.3 Å². The number of carbonyl (C=O) groups excluding carboxylic acids is 2. The van der Waals surface area contributed by atoms with E-state index in [2.05, 4.69) is 48.1 Å². The van der Waals surface area contributed by atoms with Gasteiger partial charge in [-0.25, -0.2) is 0 Å². The maximum atomic E-state index is 11.6. The van der Waals surface area contributed by atoms with E-state index in [0.29, 0.717) is 25.7 Å². The van der Waals surface area contributed by atoms with Gasteiger partial charge in [0.1, 0.15) is 5.78 Å². The van der Waals surface area contributed by atoms with Gasteiger partial charge >= 0.3 is 5.97 Å². The summed E-state index contributed by atoms with van der Waals surface area (Å²) >= 11 is 0. The topological polar surface area (TPSA) is 43.4 Å². The highest BCUT2D eigenvalue weighted by molar-refractivity contribution is 5.79. The quantitative estimate of drug-likeness (QED) is 0.219. The molecule has 0 radical (unpaired) electrons. The highest BCUT2D eigenvalue weighted by Gasteiger charge is 2.04. The molecule has 0 fully saturated rings. The van der Waals surface area contributed by atoms with Gasteiger partial charge in [0.05, 0.1) is 7.11 Å². The predicted molar refractivity (Wildman–Crippen MR) is 101 cm³/mol. The van der Waals surface area contributed by atoms with Crippen LogP contribution in [0.25, 0.3) is 0 Å². The lowest BCUT2D eigenvalue weighted by Crippen LogP contribution is -2.02. The summed E-state index contributed by atoms with van der Waals surface area (Å²) in [5.74, 6) is -0.0300. The molecule has 0 atom stereocenters. The minimum Gasteiger partial charge on any atom is -0.469 e. The number of hydrogen-bond donors (Lipinski definition) is 0. The molecule has 0 heterocycles. The monoisotopic (exact) mass is 334 g/mol. The molecule has 0 spiro atoms. The second kappa shape index (κ2) is 17.7. The van der Waals surface area contributed by atoms with Crippen LogP contribution < -0.4 is 0 Å². The zero-order chi connectivity index (χ0) is 17.9. The molecule has 0 saturated carbocycles. The molecule has 0 aliphatic rings. The van der Waals surface area contributed by atoms with Crippen LogP contribution in [0.1, 0.15) is 77.6 Å². The number of allylic oxidation sites excluding steroid dienone is 6. The Labute approximate surface area is 147 Å². The Morgan fingerprint density at radius 3 is 2.00 bits per heavy atom. The van der Waals surface area contributed by atoms with Crippen LogP contribution in [0, 0.1) is 0 Å². The van der Waals surface area contributed by atoms with Gasteiger partial charge in [0.2, 0.25) is 0 Å². The molecule has 0 aromatic heterocycles. The lowest BCUT2D eigenvalue weighted by molar-refractivity contribution is -0.140. The van der Waals surface area contributed by atoms with Gasteiger partial charge in [-0.15, -0.1) is 0 Å². The fourth-order valence-corrected chi connectivity index (χ4v) is 2.19. The number of ketones is 1. The molecule has 0 amide bonds. The largest absolute Gasteiger partial charge is 0.469 e. The summed E-state index contributed by atoms with van der Waals surface area (Å²) in [5, 5.41) is 0. The van der Waals surface area contributed by atoms with E-state index in [1.807, 2.05) is 0 Å². The van der Waals surface area contributed by atoms with E-state index in [1.165, 1.54) is 32.8 Å². The van der Waals surface area contributed by atoms with Crippen LogP contribution in [0.15, 0.2) is 36.5 Å². The summed E-state index contributed by atoms with van der Waals surface area (Å²) in [7, 11) is 1.37. The van der Waals surface area contributed by atoms with Crippen molar-refractivity contribution in [2.45, 2.75) is 77.6 Å². The molecule has 3 nitrogen and oxygen atoms in total. The highest BCUT2D eigenvalue weighted by Crippen LogP contribution is 2.04. The van der Waals surface area contributed by atoms with Crippen LogP contribution in [-0.2, 0) is 14.3 Å². The minimum absolute atomic E-state index is 0.215. The Hall–Kier alpha value is -1.64. The molecular weight excluding hydrogens is 300 g/mol. The van der Waals surface area contributed by atoms with Crippen molar-refractivity contribution in [3.63, 3.8) is 0 Å². The van der Waals surface area contributed by atoms with Crippen molar-refractivity contribution in [3.05, 3.63) is 36.5 Å². The molecule has 136 valence electrons. The SMILES string of the molecule is CCCCC/C=C\C/C=C\C/C=C\CCC(=O)CCCC(=O)OC. The normalized spacial score (nSPS) is 11.8. The van der Waals surface area contributed by atoms with Gasteiger partial charge in [0.15, 0.2) is 0 Å². The Morgan fingerprint density at radius 2 is 1.38 bits per heavy atom. The lowest BCUT2D eigenvalue weighted by atomic mass is 10.1. The van der Waals surface area contributed by atoms with Crippen LogP contribution in [0.3, 0.4) is 0 Å². The fraction of sp³-hybridized carbons (Fsp3) is 0.619. The third-order valence-electron chi connectivity index (χ3n) is 3.67. The molecule has 0 saturated heterocycles. The number of hydrogen-bond acceptors (Lipinski definition) is 3. The smallest absolute Gasteiger partial charge is 0.305 e. The maximum Gasteiger partial charge on any atom is 0.305 e. The van der Waals surface area contributed by atoms with Crippen molar-refractivity contribution in [1.29, 1.82) is 0 Å². The molecule has 0 aliphatic carbocycles. The molecule has 0 bridgehead atoms. The first-order valence-electron chi connectivity index (χ1n) is 9.24. The third kappa shape index (κ3) is 16.7. The first-order valence-corrected chi connectivity index (χ1v) is 9.24. The summed E-state index contributed by atoms with van der Waals surface area (Å²) in [4.78, 5) is 22.5. The fourth-order valence-electron chi connectivity index (χ4n) is 2.19. The Balaban J connectivity index is 3.49. The van der Waals surface area contributed by atoms with Crippen molar-refractivity contribution < 1.29 is 14.3 Å². The standard InChI is InChI=1S/C21H34O3/c1-3-4-5-6-7-8-9-10-11-12-13-14-15-17-20(22)18-16-19-21(23)24-2/h7-8,10-11,13-14H,3-6,9,12,15-19H2,1-2H3/b8-7-,11-10-,14-13-. The zero-order valence-corrected chi connectivity index (χ0v) is 15.5. The van der Waals surface area contributed by atoms with Crippen molar-refractivity contribution in [2.24, 2.45) is 0 Å². The summed E-state index contributed by atoms with van der Waals surface area (Å²) < 4.78 is 4.54. The van der Waals surface area contributed by atoms with E-state index in [4.69, 9.17) is 0 Å². The summed E-state index contributed by atoms with van der Waals surface area (Å²) in [6, 6.07) is 0. The van der Waals surface area contributed by atoms with E-state index < -0.39 is 0 Å². The first kappa shape index (κ1) is 22.4. The summed E-state index contributed by atoms with van der Waals surface area (Å²) in [5.41, 5.74) is 0. The second-order valence-corrected chi connectivity index (χ2v) is 5.89. The van der Waals surface area contributed by atoms with Crippen LogP contribution in [0.2, 0.25) is 0 Å². The minimum atomic E-state index is -0.245. The molecule has 0 aromatic rings. The molecule has 3 heteroatoms. The molecular formula is C21H34O3. The average molecular weight is 335 g/mol. The average Bonchev–Trinajstić information content (AvgIpc) is 2.58. The Kier molecular flexibility index (Phi) is 16.5. The molecule has 0 rings (SSSR count). The number of Topliss-reactive ketones (excluding diaryl/α,β-unsaturated/α-hetero) is 1. The van der Waals surface area contributed by atoms with Crippen molar-refractivity contribution >= 4 is 11.8 Å². The second-order valence-electron chi connectivity index (χ2n) is 5.89. The number of rotatable bonds is 15. The molecule has 24 heavy (non-hydrogen) atoms. The van der Waals surface area contributed by atoms with Crippen molar-refractivity contribution in [1.82, 2.24) is 0 Å². The molecule has 0 unspecified atom stereocenters. The molecule has 0 aromatic carbocycles. The number of esters is 1. The van der Waals surface area contributed by atoms with Crippen LogP contribution in [0.5, 0.6) is 0 Å². The van der Waals surface area contributed by atoms with E-state index in [0.717, 1.165) is 19.3 Å². The number of ether oxygens (including phenoxy) is 1. The summed E-state index contributed by atoms with van der Waals surface area (Å²) in [6.45, 7) is 2.22. The Bertz CT molecular complexity index is 405. The zero-order valence-electron chi connectivity index (χ0n) is 15.5. The number of carbonyl (C=O) groups is 2. The van der Waals surface area contributed by atoms with Gasteiger partial charge in [-0.1, -0.05) is 56.2 Å². The van der Waals surface area contributed by atoms with Gasteiger partial charge in [-0.3, -0.25) is 9.59 Å². The highest BCUT2D eigenvalue weighted by atomic mass is 16.5. The van der Waals surface area contributed by atoms with Crippen molar-refractivity contribution in [2.75, 3.05) is 7.11 Å². The maximum absolute atomic E-state index is 11.6. The van der Waals surface area contributed by atoms with Gasteiger partial charge in [0.25, 0.3) is 0 Å². The van der Waals surface area contributed by atoms with Gasteiger partial charge < -0.3 is 4.74 Å². The van der Waals surface area contributed by atoms with Crippen LogP contribution in [0.4, 0.5) is 0 Å². The lowest BCUT2D eigenvalue weighted by Gasteiger charge is -1.99. The number of methoxy groups -OCH3 is 1. The molecule has 0 N–H and O–H groups in total. The van der Waals surface area contributed by atoms with Gasteiger partial charge in [-0.2, -0.15) is 0 Å².